The van der Waals surface area contributed by atoms with Crippen molar-refractivity contribution in [1.29, 1.82) is 0 Å². The van der Waals surface area contributed by atoms with E-state index in [1.165, 1.54) is 32.1 Å². The van der Waals surface area contributed by atoms with Crippen LogP contribution in [-0.2, 0) is 28.1 Å². The number of hydrogen-bond donors (Lipinski definition) is 0. The van der Waals surface area contributed by atoms with Gasteiger partial charge in [-0.1, -0.05) is 42.9 Å². The maximum Gasteiger partial charge on any atom is 0.0932 e. The van der Waals surface area contributed by atoms with Gasteiger partial charge in [-0.3, -0.25) is 0 Å². The molecule has 0 aliphatic heterocycles. The molecular formula is C11H24OP2S2. The quantitative estimate of drug-likeness (QED) is 0.716. The summed E-state index contributed by atoms with van der Waals surface area (Å²) in [4.78, 5) is 0. The van der Waals surface area contributed by atoms with E-state index >= 15 is 0 Å². The van der Waals surface area contributed by atoms with E-state index < -0.39 is 12.3 Å². The predicted molar refractivity (Wildman–Crippen MR) is 83.7 cm³/mol. The van der Waals surface area contributed by atoms with Gasteiger partial charge in [0, 0.05) is 0 Å². The van der Waals surface area contributed by atoms with Crippen molar-refractivity contribution < 1.29 is 4.52 Å². The second-order valence-electron chi connectivity index (χ2n) is 5.58. The van der Waals surface area contributed by atoms with Crippen LogP contribution >= 0.6 is 12.3 Å². The molecule has 0 N–H and O–H groups in total. The first-order valence-corrected chi connectivity index (χ1v) is 13.4. The molecule has 0 saturated heterocycles. The molecule has 1 aliphatic rings. The van der Waals surface area contributed by atoms with E-state index in [0.717, 1.165) is 0 Å². The smallest absolute Gasteiger partial charge is 0.0932 e. The van der Waals surface area contributed by atoms with Crippen LogP contribution in [0.4, 0.5) is 0 Å². The van der Waals surface area contributed by atoms with Crippen LogP contribution in [0.3, 0.4) is 0 Å². The van der Waals surface area contributed by atoms with E-state index in [1.54, 1.807) is 0 Å². The summed E-state index contributed by atoms with van der Waals surface area (Å²) < 4.78 is 6.21. The van der Waals surface area contributed by atoms with Gasteiger partial charge in [-0.15, -0.1) is 0 Å². The molecule has 0 aromatic rings. The first-order valence-electron chi connectivity index (χ1n) is 5.98. The van der Waals surface area contributed by atoms with E-state index in [1.807, 2.05) is 0 Å². The van der Waals surface area contributed by atoms with Gasteiger partial charge in [-0.2, -0.15) is 0 Å². The summed E-state index contributed by atoms with van der Waals surface area (Å²) >= 11 is 11.2. The second-order valence-corrected chi connectivity index (χ2v) is 17.1. The summed E-state index contributed by atoms with van der Waals surface area (Å²) in [6.45, 7) is 8.57. The van der Waals surface area contributed by atoms with E-state index in [4.69, 9.17) is 28.1 Å². The van der Waals surface area contributed by atoms with Crippen LogP contribution < -0.4 is 0 Å². The lowest BCUT2D eigenvalue weighted by Crippen LogP contribution is -2.24. The highest BCUT2D eigenvalue weighted by molar-refractivity contribution is 8.15. The van der Waals surface area contributed by atoms with Crippen molar-refractivity contribution in [3.05, 3.63) is 0 Å². The molecule has 16 heavy (non-hydrogen) atoms. The van der Waals surface area contributed by atoms with Gasteiger partial charge in [0.2, 0.25) is 0 Å². The predicted octanol–water partition coefficient (Wildman–Crippen LogP) is 4.30. The van der Waals surface area contributed by atoms with Crippen molar-refractivity contribution in [3.63, 3.8) is 0 Å². The van der Waals surface area contributed by atoms with Gasteiger partial charge >= 0.3 is 0 Å². The van der Waals surface area contributed by atoms with Gasteiger partial charge in [0.15, 0.2) is 0 Å². The van der Waals surface area contributed by atoms with Crippen molar-refractivity contribution >= 4 is 35.9 Å². The Bertz CT molecular complexity index is 312. The third-order valence-electron chi connectivity index (χ3n) is 3.03. The second kappa shape index (κ2) is 5.93. The third kappa shape index (κ3) is 5.27. The van der Waals surface area contributed by atoms with Crippen molar-refractivity contribution in [2.45, 2.75) is 37.9 Å². The number of hydrogen-bond acceptors (Lipinski definition) is 3. The Labute approximate surface area is 111 Å². The zero-order chi connectivity index (χ0) is 12.4. The molecule has 0 radical (unpaired) electrons. The molecule has 0 aromatic heterocycles. The molecule has 5 heteroatoms. The monoisotopic (exact) mass is 298 g/mol. The summed E-state index contributed by atoms with van der Waals surface area (Å²) in [5, 5.41) is 0. The van der Waals surface area contributed by atoms with Gasteiger partial charge < -0.3 is 4.52 Å². The van der Waals surface area contributed by atoms with Crippen molar-refractivity contribution in [3.8, 4) is 0 Å². The molecule has 1 fully saturated rings. The van der Waals surface area contributed by atoms with Gasteiger partial charge in [0.1, 0.15) is 0 Å². The van der Waals surface area contributed by atoms with Crippen LogP contribution in [0, 0.1) is 5.92 Å². The lowest BCUT2D eigenvalue weighted by molar-refractivity contribution is 0.191. The van der Waals surface area contributed by atoms with Crippen molar-refractivity contribution in [1.82, 2.24) is 0 Å². The lowest BCUT2D eigenvalue weighted by Gasteiger charge is -2.36. The highest BCUT2D eigenvalue weighted by atomic mass is 32.4. The van der Waals surface area contributed by atoms with Crippen LogP contribution in [0.15, 0.2) is 0 Å². The molecule has 0 amide bonds. The fourth-order valence-corrected chi connectivity index (χ4v) is 7.34. The minimum absolute atomic E-state index is 0.281. The lowest BCUT2D eigenvalue weighted by atomic mass is 9.90. The topological polar surface area (TPSA) is 9.23 Å². The molecule has 1 unspecified atom stereocenters. The van der Waals surface area contributed by atoms with E-state index in [-0.39, 0.29) is 5.85 Å². The molecule has 1 saturated carbocycles. The molecule has 1 rings (SSSR count). The fraction of sp³-hybridized carbons (Fsp3) is 1.00. The van der Waals surface area contributed by atoms with Gasteiger partial charge in [-0.05, 0) is 51.5 Å². The fourth-order valence-electron chi connectivity index (χ4n) is 2.39. The Morgan fingerprint density at radius 2 is 1.50 bits per heavy atom. The van der Waals surface area contributed by atoms with Crippen LogP contribution in [0.1, 0.15) is 32.1 Å². The Morgan fingerprint density at radius 1 is 1.00 bits per heavy atom. The first-order chi connectivity index (χ1) is 7.20. The van der Waals surface area contributed by atoms with Crippen LogP contribution in [0.5, 0.6) is 0 Å². The standard InChI is InChI=1S/C11H24OP2S2/c1-13(2,15)11(12-14(3,4)16)10-8-6-5-7-9-10/h10-11H,5-9H2,1-4H3. The Morgan fingerprint density at radius 3 is 1.88 bits per heavy atom. The molecule has 0 heterocycles. The summed E-state index contributed by atoms with van der Waals surface area (Å²) in [5.74, 6) is 0.959. The molecule has 1 nitrogen and oxygen atoms in total. The highest BCUT2D eigenvalue weighted by Crippen LogP contribution is 2.56. The zero-order valence-corrected chi connectivity index (χ0v) is 14.2. The highest BCUT2D eigenvalue weighted by Gasteiger charge is 2.32. The van der Waals surface area contributed by atoms with Crippen LogP contribution in [0.2, 0.25) is 0 Å². The Kier molecular flexibility index (Phi) is 5.68. The molecule has 0 spiro atoms. The molecule has 0 bridgehead atoms. The number of rotatable bonds is 4. The average Bonchev–Trinajstić information content (AvgIpc) is 2.13. The third-order valence-corrected chi connectivity index (χ3v) is 6.56. The molecular weight excluding hydrogens is 274 g/mol. The van der Waals surface area contributed by atoms with E-state index in [2.05, 4.69) is 26.7 Å². The SMILES string of the molecule is CP(C)(=S)OC(C1CCCCC1)P(C)(C)=S. The molecule has 1 aliphatic carbocycles. The van der Waals surface area contributed by atoms with Crippen molar-refractivity contribution in [2.75, 3.05) is 26.7 Å². The summed E-state index contributed by atoms with van der Waals surface area (Å²) in [5.41, 5.74) is 0. The maximum atomic E-state index is 6.21. The Hall–Kier alpha value is 1.26. The summed E-state index contributed by atoms with van der Waals surface area (Å²) in [6, 6.07) is -1.37. The molecule has 1 atom stereocenters. The zero-order valence-electron chi connectivity index (χ0n) is 10.8. The first kappa shape index (κ1) is 15.3. The normalized spacial score (nSPS) is 22.0. The van der Waals surface area contributed by atoms with E-state index in [9.17, 15) is 0 Å². The van der Waals surface area contributed by atoms with Crippen LogP contribution in [-0.4, -0.2) is 32.5 Å². The minimum atomic E-state index is -1.59. The maximum absolute atomic E-state index is 6.21. The summed E-state index contributed by atoms with van der Waals surface area (Å²) in [6.07, 6.45) is 5.06. The van der Waals surface area contributed by atoms with E-state index in [0.29, 0.717) is 5.92 Å². The molecule has 96 valence electrons. The summed E-state index contributed by atoms with van der Waals surface area (Å²) in [7, 11) is 0. The van der Waals surface area contributed by atoms with Crippen LogP contribution in [0.25, 0.3) is 0 Å². The van der Waals surface area contributed by atoms with Crippen molar-refractivity contribution in [2.24, 2.45) is 5.92 Å². The largest absolute Gasteiger partial charge is 0.342 e. The van der Waals surface area contributed by atoms with Gasteiger partial charge in [0.25, 0.3) is 0 Å². The van der Waals surface area contributed by atoms with Gasteiger partial charge in [-0.25, -0.2) is 0 Å². The minimum Gasteiger partial charge on any atom is -0.342 e. The Balaban J connectivity index is 2.78. The van der Waals surface area contributed by atoms with Gasteiger partial charge in [0.05, 0.1) is 12.1 Å². The average molecular weight is 298 g/mol. The molecule has 0 aromatic carbocycles.